The minimum absolute atomic E-state index is 0.258. The Kier molecular flexibility index (Phi) is 8.04. The first-order valence-electron chi connectivity index (χ1n) is 6.58. The van der Waals surface area contributed by atoms with Crippen LogP contribution >= 0.6 is 11.8 Å². The van der Waals surface area contributed by atoms with Gasteiger partial charge in [0.1, 0.15) is 34.9 Å². The lowest BCUT2D eigenvalue weighted by molar-refractivity contribution is -0.205. The Morgan fingerprint density at radius 3 is 2.50 bits per heavy atom. The molecular weight excluding hydrogens is 370 g/mol. The second-order valence-electron chi connectivity index (χ2n) is 4.79. The van der Waals surface area contributed by atoms with Crippen LogP contribution < -0.4 is 0 Å². The van der Waals surface area contributed by atoms with Crippen molar-refractivity contribution in [2.75, 3.05) is 6.61 Å². The third-order valence-electron chi connectivity index (χ3n) is 2.99. The average molecular weight is 388 g/mol. The summed E-state index contributed by atoms with van der Waals surface area (Å²) in [6, 6.07) is 0. The Labute approximate surface area is 142 Å². The lowest BCUT2D eigenvalue weighted by Crippen LogP contribution is -2.57. The van der Waals surface area contributed by atoms with Crippen molar-refractivity contribution >= 4 is 27.2 Å². The third kappa shape index (κ3) is 6.27. The van der Waals surface area contributed by atoms with Gasteiger partial charge in [-0.2, -0.15) is 8.42 Å². The molecule has 0 aromatic rings. The summed E-state index contributed by atoms with van der Waals surface area (Å²) in [4.78, 5) is 0. The van der Waals surface area contributed by atoms with Crippen LogP contribution in [0.2, 0.25) is 0 Å². The largest absolute Gasteiger partial charge is 0.714 e. The average Bonchev–Trinajstić information content (AvgIpc) is 2.52. The number of oxime groups is 1. The number of ether oxygens (including phenoxy) is 1. The number of rotatable bonds is 7. The predicted molar refractivity (Wildman–Crippen MR) is 80.4 cm³/mol. The highest BCUT2D eigenvalue weighted by atomic mass is 32.3. The van der Waals surface area contributed by atoms with Crippen LogP contribution in [0.3, 0.4) is 0 Å². The normalized spacial score (nSPS) is 33.1. The fraction of sp³-hybridized carbons (Fsp3) is 0.727. The van der Waals surface area contributed by atoms with Crippen LogP contribution in [0.4, 0.5) is 0 Å². The first-order chi connectivity index (χ1) is 11.1. The molecule has 1 heterocycles. The zero-order chi connectivity index (χ0) is 18.5. The molecule has 1 aliphatic heterocycles. The number of aliphatic hydroxyl groups is 5. The Morgan fingerprint density at radius 1 is 1.38 bits per heavy atom. The monoisotopic (exact) mass is 388 g/mol. The van der Waals surface area contributed by atoms with Crippen molar-refractivity contribution < 1.29 is 47.5 Å². The van der Waals surface area contributed by atoms with E-state index in [1.54, 1.807) is 0 Å². The van der Waals surface area contributed by atoms with Gasteiger partial charge in [0, 0.05) is 6.42 Å². The Balaban J connectivity index is 2.92. The molecule has 0 aliphatic carbocycles. The van der Waals surface area contributed by atoms with E-state index in [9.17, 15) is 33.4 Å². The topological polar surface area (TPSA) is 189 Å². The molecule has 1 rings (SSSR count). The molecule has 0 bridgehead atoms. The lowest BCUT2D eigenvalue weighted by Gasteiger charge is -2.39. The van der Waals surface area contributed by atoms with E-state index in [-0.39, 0.29) is 11.5 Å². The number of thioether (sulfide) groups is 1. The molecule has 1 aliphatic rings. The maximum atomic E-state index is 10.5. The van der Waals surface area contributed by atoms with Crippen molar-refractivity contribution in [3.8, 4) is 0 Å². The highest BCUT2D eigenvalue weighted by Gasteiger charge is 2.44. The summed E-state index contributed by atoms with van der Waals surface area (Å²) in [6.45, 7) is 2.65. The quantitative estimate of drug-likeness (QED) is 0.0759. The summed E-state index contributed by atoms with van der Waals surface area (Å²) in [6.07, 6.45) is -6.41. The van der Waals surface area contributed by atoms with Crippen LogP contribution in [-0.2, 0) is 19.4 Å². The molecule has 0 radical (unpaired) electrons. The molecular formula is C11H18NO10S2-. The molecule has 13 heteroatoms. The molecule has 0 amide bonds. The van der Waals surface area contributed by atoms with Gasteiger partial charge in [-0.15, -0.1) is 6.58 Å². The Morgan fingerprint density at radius 2 is 2.00 bits per heavy atom. The highest BCUT2D eigenvalue weighted by Crippen LogP contribution is 2.30. The van der Waals surface area contributed by atoms with Gasteiger partial charge in [-0.25, -0.2) is 0 Å². The zero-order valence-corrected chi connectivity index (χ0v) is 13.8. The minimum atomic E-state index is -5.14. The summed E-state index contributed by atoms with van der Waals surface area (Å²) < 4.78 is 40.4. The van der Waals surface area contributed by atoms with Crippen LogP contribution in [0.15, 0.2) is 17.8 Å². The van der Waals surface area contributed by atoms with Crippen molar-refractivity contribution in [1.82, 2.24) is 0 Å². The van der Waals surface area contributed by atoms with Crippen molar-refractivity contribution in [2.24, 2.45) is 5.16 Å². The lowest BCUT2D eigenvalue weighted by atomic mass is 10.0. The van der Waals surface area contributed by atoms with E-state index in [4.69, 9.17) is 9.84 Å². The molecule has 11 nitrogen and oxygen atoms in total. The molecule has 1 saturated heterocycles. The Bertz CT molecular complexity index is 551. The fourth-order valence-electron chi connectivity index (χ4n) is 1.76. The predicted octanol–water partition coefficient (Wildman–Crippen LogP) is -2.75. The molecule has 140 valence electrons. The number of hydrogen-bond donors (Lipinski definition) is 5. The molecule has 0 spiro atoms. The van der Waals surface area contributed by atoms with Gasteiger partial charge < -0.3 is 34.8 Å². The van der Waals surface area contributed by atoms with Crippen molar-refractivity contribution in [3.63, 3.8) is 0 Å². The molecule has 6 atom stereocenters. The van der Waals surface area contributed by atoms with Crippen molar-refractivity contribution in [1.29, 1.82) is 0 Å². The van der Waals surface area contributed by atoms with E-state index in [1.165, 1.54) is 0 Å². The van der Waals surface area contributed by atoms with Crippen LogP contribution in [0.1, 0.15) is 6.42 Å². The smallest absolute Gasteiger partial charge is 0.284 e. The van der Waals surface area contributed by atoms with E-state index in [1.807, 2.05) is 0 Å². The minimum Gasteiger partial charge on any atom is -0.714 e. The molecule has 1 unspecified atom stereocenters. The van der Waals surface area contributed by atoms with Gasteiger partial charge in [0.2, 0.25) is 0 Å². The SMILES string of the molecule is C=CC(O)CC(=NOS(=O)(=O)[O-])S[C@@H]1O[C@H](CO)[C@@H](O)[C@H](O)[C@H]1O. The van der Waals surface area contributed by atoms with Gasteiger partial charge >= 0.3 is 0 Å². The summed E-state index contributed by atoms with van der Waals surface area (Å²) in [7, 11) is -5.14. The molecule has 1 fully saturated rings. The Hall–Kier alpha value is -0.770. The molecule has 5 N–H and O–H groups in total. The number of aliphatic hydroxyl groups excluding tert-OH is 5. The molecule has 0 aromatic carbocycles. The van der Waals surface area contributed by atoms with Crippen molar-refractivity contribution in [3.05, 3.63) is 12.7 Å². The van der Waals surface area contributed by atoms with Gasteiger partial charge in [0.15, 0.2) is 0 Å². The first kappa shape index (κ1) is 21.3. The van der Waals surface area contributed by atoms with Gasteiger partial charge in [-0.05, 0) is 0 Å². The molecule has 0 aromatic heterocycles. The first-order valence-corrected chi connectivity index (χ1v) is 8.79. The van der Waals surface area contributed by atoms with E-state index < -0.39 is 53.0 Å². The summed E-state index contributed by atoms with van der Waals surface area (Å²) in [5.41, 5.74) is -1.28. The van der Waals surface area contributed by atoms with E-state index in [0.717, 1.165) is 6.08 Å². The maximum absolute atomic E-state index is 10.5. The summed E-state index contributed by atoms with van der Waals surface area (Å²) in [5.74, 6) is 0. The highest BCUT2D eigenvalue weighted by molar-refractivity contribution is 8.14. The van der Waals surface area contributed by atoms with Crippen LogP contribution in [0, 0.1) is 0 Å². The zero-order valence-electron chi connectivity index (χ0n) is 12.2. The van der Waals surface area contributed by atoms with Crippen LogP contribution in [-0.4, -0.2) is 86.1 Å². The van der Waals surface area contributed by atoms with E-state index in [0.29, 0.717) is 11.8 Å². The summed E-state index contributed by atoms with van der Waals surface area (Å²) >= 11 is 0.542. The summed E-state index contributed by atoms with van der Waals surface area (Å²) in [5, 5.41) is 50.7. The van der Waals surface area contributed by atoms with E-state index >= 15 is 0 Å². The van der Waals surface area contributed by atoms with Gasteiger partial charge in [0.05, 0.1) is 12.7 Å². The second-order valence-corrected chi connectivity index (χ2v) is 6.93. The maximum Gasteiger partial charge on any atom is 0.284 e. The second kappa shape index (κ2) is 9.07. The van der Waals surface area contributed by atoms with Gasteiger partial charge in [-0.3, -0.25) is 4.28 Å². The number of hydrogen-bond acceptors (Lipinski definition) is 12. The van der Waals surface area contributed by atoms with E-state index in [2.05, 4.69) is 16.0 Å². The van der Waals surface area contributed by atoms with Gasteiger partial charge in [-0.1, -0.05) is 23.0 Å². The van der Waals surface area contributed by atoms with Gasteiger partial charge in [0.25, 0.3) is 10.4 Å². The number of nitrogens with zero attached hydrogens (tertiary/aromatic N) is 1. The molecule has 0 saturated carbocycles. The van der Waals surface area contributed by atoms with Crippen molar-refractivity contribution in [2.45, 2.75) is 42.4 Å². The van der Waals surface area contributed by atoms with Crippen LogP contribution in [0.5, 0.6) is 0 Å². The van der Waals surface area contributed by atoms with Crippen LogP contribution in [0.25, 0.3) is 0 Å². The fourth-order valence-corrected chi connectivity index (χ4v) is 3.10. The molecule has 24 heavy (non-hydrogen) atoms. The standard InChI is InChI=1S/C11H19NO10S2/c1-2-5(14)3-7(12-22-24(18,19)20)23-11-10(17)9(16)8(15)6(4-13)21-11/h2,5-6,8-11,13-17H,1,3-4H2,(H,18,19,20)/p-1/t5?,6-,8-,9+,10-,11+/m1/s1. The third-order valence-corrected chi connectivity index (χ3v) is 4.38.